The molecule has 1 aromatic rings. The van der Waals surface area contributed by atoms with Gasteiger partial charge in [0.15, 0.2) is 0 Å². The van der Waals surface area contributed by atoms with E-state index in [1.165, 1.54) is 11.1 Å². The first-order valence-corrected chi connectivity index (χ1v) is 8.38. The second-order valence-electron chi connectivity index (χ2n) is 6.71. The zero-order chi connectivity index (χ0) is 15.8. The van der Waals surface area contributed by atoms with Crippen LogP contribution in [0.3, 0.4) is 0 Å². The van der Waals surface area contributed by atoms with Gasteiger partial charge in [0.1, 0.15) is 0 Å². The Hall–Kier alpha value is -0.860. The first-order chi connectivity index (χ1) is 9.93. The largest absolute Gasteiger partial charge is 0.377 e. The molecule has 0 saturated carbocycles. The molecule has 0 amide bonds. The minimum Gasteiger partial charge on any atom is -0.377 e. The number of ether oxygens (including phenoxy) is 1. The van der Waals surface area contributed by atoms with Crippen molar-refractivity contribution in [3.05, 3.63) is 35.4 Å². The summed E-state index contributed by atoms with van der Waals surface area (Å²) in [6.45, 7) is 15.0. The highest BCUT2D eigenvalue weighted by Gasteiger charge is 2.13. The average Bonchev–Trinajstić information content (AvgIpc) is 2.42. The SMILES string of the molecule is CCNC(COC(C)CC(C)C)c1ccc(C(C)C)cc1. The first kappa shape index (κ1) is 18.2. The van der Waals surface area contributed by atoms with Crippen LogP contribution in [0.5, 0.6) is 0 Å². The maximum atomic E-state index is 6.04. The van der Waals surface area contributed by atoms with Crippen LogP contribution < -0.4 is 5.32 Å². The highest BCUT2D eigenvalue weighted by atomic mass is 16.5. The molecule has 21 heavy (non-hydrogen) atoms. The topological polar surface area (TPSA) is 21.3 Å². The van der Waals surface area contributed by atoms with Gasteiger partial charge in [0, 0.05) is 0 Å². The van der Waals surface area contributed by atoms with E-state index in [2.05, 4.69) is 71.1 Å². The lowest BCUT2D eigenvalue weighted by molar-refractivity contribution is 0.0373. The van der Waals surface area contributed by atoms with E-state index in [1.807, 2.05) is 0 Å². The van der Waals surface area contributed by atoms with Gasteiger partial charge in [-0.1, -0.05) is 58.9 Å². The molecule has 2 nitrogen and oxygen atoms in total. The molecule has 2 atom stereocenters. The van der Waals surface area contributed by atoms with Crippen LogP contribution in [0.15, 0.2) is 24.3 Å². The van der Waals surface area contributed by atoms with Crippen molar-refractivity contribution in [2.24, 2.45) is 5.92 Å². The molecule has 1 rings (SSSR count). The Morgan fingerprint density at radius 3 is 2.00 bits per heavy atom. The van der Waals surface area contributed by atoms with Crippen molar-refractivity contribution in [2.45, 2.75) is 66.0 Å². The molecule has 1 N–H and O–H groups in total. The summed E-state index contributed by atoms with van der Waals surface area (Å²) in [5, 5.41) is 3.53. The average molecular weight is 291 g/mol. The second-order valence-corrected chi connectivity index (χ2v) is 6.71. The van der Waals surface area contributed by atoms with E-state index in [-0.39, 0.29) is 6.04 Å². The predicted molar refractivity (Wildman–Crippen MR) is 91.8 cm³/mol. The van der Waals surface area contributed by atoms with E-state index in [0.29, 0.717) is 17.9 Å². The number of hydrogen-bond acceptors (Lipinski definition) is 2. The molecule has 0 aromatic heterocycles. The Balaban J connectivity index is 2.63. The fourth-order valence-corrected chi connectivity index (χ4v) is 2.63. The van der Waals surface area contributed by atoms with E-state index < -0.39 is 0 Å². The maximum absolute atomic E-state index is 6.04. The molecule has 0 aliphatic carbocycles. The Morgan fingerprint density at radius 2 is 1.52 bits per heavy atom. The van der Waals surface area contributed by atoms with Gasteiger partial charge in [0.25, 0.3) is 0 Å². The first-order valence-electron chi connectivity index (χ1n) is 8.38. The lowest BCUT2D eigenvalue weighted by atomic mass is 9.99. The molecule has 0 aliphatic rings. The van der Waals surface area contributed by atoms with E-state index in [0.717, 1.165) is 19.6 Å². The smallest absolute Gasteiger partial charge is 0.0665 e. The van der Waals surface area contributed by atoms with Gasteiger partial charge in [-0.05, 0) is 42.9 Å². The van der Waals surface area contributed by atoms with Crippen LogP contribution in [-0.2, 0) is 4.74 Å². The summed E-state index contributed by atoms with van der Waals surface area (Å²) in [4.78, 5) is 0. The van der Waals surface area contributed by atoms with E-state index >= 15 is 0 Å². The van der Waals surface area contributed by atoms with Gasteiger partial charge in [-0.3, -0.25) is 0 Å². The summed E-state index contributed by atoms with van der Waals surface area (Å²) in [5.74, 6) is 1.27. The normalized spacial score (nSPS) is 14.7. The van der Waals surface area contributed by atoms with Gasteiger partial charge in [-0.2, -0.15) is 0 Å². The number of rotatable bonds is 9. The molecule has 2 unspecified atom stereocenters. The minimum atomic E-state index is 0.283. The van der Waals surface area contributed by atoms with E-state index in [1.54, 1.807) is 0 Å². The number of benzene rings is 1. The van der Waals surface area contributed by atoms with Crippen molar-refractivity contribution < 1.29 is 4.74 Å². The molecular formula is C19H33NO. The molecule has 0 saturated heterocycles. The molecule has 0 fully saturated rings. The maximum Gasteiger partial charge on any atom is 0.0665 e. The number of nitrogens with one attached hydrogen (secondary N) is 1. The van der Waals surface area contributed by atoms with Crippen molar-refractivity contribution in [3.8, 4) is 0 Å². The van der Waals surface area contributed by atoms with E-state index in [9.17, 15) is 0 Å². The van der Waals surface area contributed by atoms with Crippen LogP contribution in [-0.4, -0.2) is 19.3 Å². The van der Waals surface area contributed by atoms with Gasteiger partial charge >= 0.3 is 0 Å². The monoisotopic (exact) mass is 291 g/mol. The molecule has 0 radical (unpaired) electrons. The van der Waals surface area contributed by atoms with Crippen LogP contribution in [0.4, 0.5) is 0 Å². The molecule has 0 bridgehead atoms. The van der Waals surface area contributed by atoms with Crippen molar-refractivity contribution in [2.75, 3.05) is 13.2 Å². The van der Waals surface area contributed by atoms with Gasteiger partial charge < -0.3 is 10.1 Å². The van der Waals surface area contributed by atoms with Crippen molar-refractivity contribution in [1.29, 1.82) is 0 Å². The van der Waals surface area contributed by atoms with Gasteiger partial charge in [0.05, 0.1) is 18.8 Å². The zero-order valence-corrected chi connectivity index (χ0v) is 14.6. The summed E-state index contributed by atoms with van der Waals surface area (Å²) in [5.41, 5.74) is 2.71. The minimum absolute atomic E-state index is 0.283. The standard InChI is InChI=1S/C19H33NO/c1-7-20-19(13-21-16(6)12-14(2)3)18-10-8-17(9-11-18)15(4)5/h8-11,14-16,19-20H,7,12-13H2,1-6H3. The summed E-state index contributed by atoms with van der Waals surface area (Å²) in [6, 6.07) is 9.23. The molecule has 0 aliphatic heterocycles. The highest BCUT2D eigenvalue weighted by molar-refractivity contribution is 5.27. The molecule has 0 heterocycles. The third-order valence-electron chi connectivity index (χ3n) is 3.81. The Bertz CT molecular complexity index is 383. The number of likely N-dealkylation sites (N-methyl/N-ethyl adjacent to an activating group) is 1. The summed E-state index contributed by atoms with van der Waals surface area (Å²) < 4.78 is 6.04. The number of hydrogen-bond donors (Lipinski definition) is 1. The summed E-state index contributed by atoms with van der Waals surface area (Å²) >= 11 is 0. The summed E-state index contributed by atoms with van der Waals surface area (Å²) in [6.07, 6.45) is 1.44. The molecule has 120 valence electrons. The van der Waals surface area contributed by atoms with Gasteiger partial charge in [-0.25, -0.2) is 0 Å². The van der Waals surface area contributed by atoms with Crippen LogP contribution >= 0.6 is 0 Å². The van der Waals surface area contributed by atoms with Crippen LogP contribution in [0.1, 0.15) is 71.0 Å². The molecule has 2 heteroatoms. The van der Waals surface area contributed by atoms with Crippen LogP contribution in [0.25, 0.3) is 0 Å². The quantitative estimate of drug-likeness (QED) is 0.698. The second kappa shape index (κ2) is 9.22. The molecule has 0 spiro atoms. The van der Waals surface area contributed by atoms with Crippen LogP contribution in [0.2, 0.25) is 0 Å². The summed E-state index contributed by atoms with van der Waals surface area (Å²) in [7, 11) is 0. The van der Waals surface area contributed by atoms with Gasteiger partial charge in [-0.15, -0.1) is 0 Å². The van der Waals surface area contributed by atoms with E-state index in [4.69, 9.17) is 4.74 Å². The zero-order valence-electron chi connectivity index (χ0n) is 14.6. The molecule has 1 aromatic carbocycles. The van der Waals surface area contributed by atoms with Crippen LogP contribution in [0, 0.1) is 5.92 Å². The fraction of sp³-hybridized carbons (Fsp3) is 0.684. The van der Waals surface area contributed by atoms with Crippen molar-refractivity contribution >= 4 is 0 Å². The predicted octanol–water partition coefficient (Wildman–Crippen LogP) is 4.91. The van der Waals surface area contributed by atoms with Gasteiger partial charge in [0.2, 0.25) is 0 Å². The third-order valence-corrected chi connectivity index (χ3v) is 3.81. The Morgan fingerprint density at radius 1 is 0.952 bits per heavy atom. The molecular weight excluding hydrogens is 258 g/mol. The Kier molecular flexibility index (Phi) is 7.98. The Labute approximate surface area is 131 Å². The lowest BCUT2D eigenvalue weighted by Gasteiger charge is -2.22. The lowest BCUT2D eigenvalue weighted by Crippen LogP contribution is -2.27. The fourth-order valence-electron chi connectivity index (χ4n) is 2.63. The van der Waals surface area contributed by atoms with Crippen molar-refractivity contribution in [1.82, 2.24) is 5.32 Å². The van der Waals surface area contributed by atoms with Crippen molar-refractivity contribution in [3.63, 3.8) is 0 Å². The third kappa shape index (κ3) is 6.62. The highest BCUT2D eigenvalue weighted by Crippen LogP contribution is 2.20.